The minimum Gasteiger partial charge on any atom is -0.325 e. The molecule has 0 aliphatic carbocycles. The van der Waals surface area contributed by atoms with Gasteiger partial charge in [0.25, 0.3) is 0 Å². The fourth-order valence-electron chi connectivity index (χ4n) is 2.08. The van der Waals surface area contributed by atoms with Crippen LogP contribution in [-0.4, -0.2) is 91.6 Å². The van der Waals surface area contributed by atoms with Gasteiger partial charge in [0.05, 0.1) is 0 Å². The summed E-state index contributed by atoms with van der Waals surface area (Å²) in [5, 5.41) is 0. The molecular formula is C14H30N4O. The summed E-state index contributed by atoms with van der Waals surface area (Å²) in [4.78, 5) is 20.7. The van der Waals surface area contributed by atoms with Crippen LogP contribution in [0.4, 0.5) is 4.79 Å². The van der Waals surface area contributed by atoms with Gasteiger partial charge >= 0.3 is 6.03 Å². The molecule has 0 aromatic heterocycles. The lowest BCUT2D eigenvalue weighted by molar-refractivity contribution is 0.108. The molecule has 0 spiro atoms. The topological polar surface area (TPSA) is 30.0 Å². The summed E-state index contributed by atoms with van der Waals surface area (Å²) in [6, 6.07) is 0.434. The maximum absolute atomic E-state index is 12.2. The Balaban J connectivity index is 2.30. The molecule has 0 bridgehead atoms. The molecule has 19 heavy (non-hydrogen) atoms. The van der Waals surface area contributed by atoms with Crippen LogP contribution in [0.1, 0.15) is 20.8 Å². The lowest BCUT2D eigenvalue weighted by Crippen LogP contribution is -2.53. The molecule has 1 saturated heterocycles. The summed E-state index contributed by atoms with van der Waals surface area (Å²) in [7, 11) is 4.03. The average Bonchev–Trinajstić information content (AvgIpc) is 2.43. The zero-order valence-corrected chi connectivity index (χ0v) is 13.2. The molecule has 1 fully saturated rings. The van der Waals surface area contributed by atoms with Gasteiger partial charge in [-0.1, -0.05) is 6.92 Å². The molecule has 0 aromatic rings. The van der Waals surface area contributed by atoms with Crippen LogP contribution in [0.2, 0.25) is 0 Å². The molecule has 5 nitrogen and oxygen atoms in total. The van der Waals surface area contributed by atoms with Crippen LogP contribution < -0.4 is 0 Å². The van der Waals surface area contributed by atoms with Crippen molar-refractivity contribution in [2.75, 3.05) is 59.9 Å². The van der Waals surface area contributed by atoms with Gasteiger partial charge in [-0.05, 0) is 27.4 Å². The number of nitrogens with zero attached hydrogens (tertiary/aromatic N) is 4. The first kappa shape index (κ1) is 16.2. The molecule has 1 heterocycles. The highest BCUT2D eigenvalue weighted by atomic mass is 16.2. The van der Waals surface area contributed by atoms with Crippen molar-refractivity contribution >= 4 is 6.03 Å². The van der Waals surface area contributed by atoms with E-state index in [1.807, 2.05) is 16.8 Å². The van der Waals surface area contributed by atoms with E-state index in [-0.39, 0.29) is 12.1 Å². The maximum atomic E-state index is 12.2. The van der Waals surface area contributed by atoms with Crippen molar-refractivity contribution in [1.82, 2.24) is 19.6 Å². The Morgan fingerprint density at radius 3 is 2.21 bits per heavy atom. The van der Waals surface area contributed by atoms with E-state index in [9.17, 15) is 4.79 Å². The first-order valence-corrected chi connectivity index (χ1v) is 7.38. The number of carbonyl (C=O) groups is 1. The van der Waals surface area contributed by atoms with E-state index in [0.29, 0.717) is 0 Å². The van der Waals surface area contributed by atoms with Crippen molar-refractivity contribution in [3.05, 3.63) is 0 Å². The Labute approximate surface area is 118 Å². The first-order chi connectivity index (χ1) is 8.95. The molecule has 1 rings (SSSR count). The minimum absolute atomic E-state index is 0.167. The molecule has 2 amide bonds. The predicted molar refractivity (Wildman–Crippen MR) is 79.5 cm³/mol. The number of piperazine rings is 1. The lowest BCUT2D eigenvalue weighted by Gasteiger charge is -2.38. The minimum atomic E-state index is 0.167. The van der Waals surface area contributed by atoms with E-state index in [1.54, 1.807) is 0 Å². The van der Waals surface area contributed by atoms with E-state index >= 15 is 0 Å². The van der Waals surface area contributed by atoms with Crippen molar-refractivity contribution in [3.63, 3.8) is 0 Å². The van der Waals surface area contributed by atoms with Crippen LogP contribution in [0.5, 0.6) is 0 Å². The maximum Gasteiger partial charge on any atom is 0.320 e. The van der Waals surface area contributed by atoms with Gasteiger partial charge in [0.15, 0.2) is 0 Å². The van der Waals surface area contributed by atoms with Gasteiger partial charge in [-0.3, -0.25) is 4.90 Å². The first-order valence-electron chi connectivity index (χ1n) is 7.38. The van der Waals surface area contributed by atoms with Gasteiger partial charge in [0.1, 0.15) is 0 Å². The zero-order valence-electron chi connectivity index (χ0n) is 13.2. The third kappa shape index (κ3) is 4.99. The molecule has 0 saturated carbocycles. The quantitative estimate of drug-likeness (QED) is 0.747. The Hall–Kier alpha value is -0.810. The summed E-state index contributed by atoms with van der Waals surface area (Å²) in [6.45, 7) is 13.3. The molecule has 0 N–H and O–H groups in total. The second kappa shape index (κ2) is 7.70. The van der Waals surface area contributed by atoms with Crippen molar-refractivity contribution in [2.24, 2.45) is 0 Å². The van der Waals surface area contributed by atoms with Gasteiger partial charge in [0, 0.05) is 52.4 Å². The van der Waals surface area contributed by atoms with E-state index in [1.165, 1.54) is 0 Å². The van der Waals surface area contributed by atoms with Gasteiger partial charge < -0.3 is 14.7 Å². The molecule has 112 valence electrons. The fourth-order valence-corrected chi connectivity index (χ4v) is 2.08. The predicted octanol–water partition coefficient (Wildman–Crippen LogP) is 1.02. The second-order valence-corrected chi connectivity index (χ2v) is 5.71. The van der Waals surface area contributed by atoms with E-state index < -0.39 is 0 Å². The van der Waals surface area contributed by atoms with Crippen LogP contribution in [0.15, 0.2) is 0 Å². The number of hydrogen-bond donors (Lipinski definition) is 0. The number of amides is 2. The molecule has 0 atom stereocenters. The van der Waals surface area contributed by atoms with Crippen molar-refractivity contribution in [2.45, 2.75) is 26.8 Å². The third-order valence-corrected chi connectivity index (χ3v) is 4.06. The highest BCUT2D eigenvalue weighted by Gasteiger charge is 2.24. The summed E-state index contributed by atoms with van der Waals surface area (Å²) >= 11 is 0. The van der Waals surface area contributed by atoms with Crippen LogP contribution in [0.25, 0.3) is 0 Å². The number of urea groups is 1. The zero-order chi connectivity index (χ0) is 14.4. The highest BCUT2D eigenvalue weighted by Crippen LogP contribution is 2.07. The molecule has 0 aromatic carbocycles. The average molecular weight is 270 g/mol. The molecule has 1 aliphatic rings. The van der Waals surface area contributed by atoms with E-state index in [0.717, 1.165) is 45.8 Å². The summed E-state index contributed by atoms with van der Waals surface area (Å²) in [5.74, 6) is 0. The van der Waals surface area contributed by atoms with Gasteiger partial charge in [-0.2, -0.15) is 0 Å². The van der Waals surface area contributed by atoms with Crippen molar-refractivity contribution in [1.29, 1.82) is 0 Å². The third-order valence-electron chi connectivity index (χ3n) is 4.06. The van der Waals surface area contributed by atoms with E-state index in [2.05, 4.69) is 37.6 Å². The monoisotopic (exact) mass is 270 g/mol. The fraction of sp³-hybridized carbons (Fsp3) is 0.929. The summed E-state index contributed by atoms with van der Waals surface area (Å²) in [5.41, 5.74) is 0. The Morgan fingerprint density at radius 2 is 1.74 bits per heavy atom. The molecule has 1 aliphatic heterocycles. The SMILES string of the molecule is CCN(C)CCN1CCN(C(=O)N(C)C(C)C)CC1. The Bertz CT molecular complexity index is 275. The van der Waals surface area contributed by atoms with Gasteiger partial charge in [-0.25, -0.2) is 4.79 Å². The number of likely N-dealkylation sites (N-methyl/N-ethyl adjacent to an activating group) is 1. The number of hydrogen-bond acceptors (Lipinski definition) is 3. The van der Waals surface area contributed by atoms with Crippen LogP contribution >= 0.6 is 0 Å². The van der Waals surface area contributed by atoms with Crippen LogP contribution in [0, 0.1) is 0 Å². The summed E-state index contributed by atoms with van der Waals surface area (Å²) < 4.78 is 0. The lowest BCUT2D eigenvalue weighted by atomic mass is 10.3. The largest absolute Gasteiger partial charge is 0.325 e. The number of carbonyl (C=O) groups excluding carboxylic acids is 1. The molecule has 5 heteroatoms. The second-order valence-electron chi connectivity index (χ2n) is 5.71. The van der Waals surface area contributed by atoms with Gasteiger partial charge in [-0.15, -0.1) is 0 Å². The highest BCUT2D eigenvalue weighted by molar-refractivity contribution is 5.74. The Morgan fingerprint density at radius 1 is 1.16 bits per heavy atom. The summed E-state index contributed by atoms with van der Waals surface area (Å²) in [6.07, 6.45) is 0. The van der Waals surface area contributed by atoms with Gasteiger partial charge in [0.2, 0.25) is 0 Å². The molecule has 0 unspecified atom stereocenters. The number of rotatable bonds is 5. The van der Waals surface area contributed by atoms with Crippen molar-refractivity contribution < 1.29 is 4.79 Å². The van der Waals surface area contributed by atoms with E-state index in [4.69, 9.17) is 0 Å². The smallest absolute Gasteiger partial charge is 0.320 e. The van der Waals surface area contributed by atoms with Crippen LogP contribution in [-0.2, 0) is 0 Å². The molecular weight excluding hydrogens is 240 g/mol. The Kier molecular flexibility index (Phi) is 6.58. The van der Waals surface area contributed by atoms with Crippen LogP contribution in [0.3, 0.4) is 0 Å². The normalized spacial score (nSPS) is 17.3. The molecule has 0 radical (unpaired) electrons. The standard InChI is InChI=1S/C14H30N4O/c1-6-15(4)7-8-17-9-11-18(12-10-17)14(19)16(5)13(2)3/h13H,6-12H2,1-5H3. The van der Waals surface area contributed by atoms with Crippen molar-refractivity contribution in [3.8, 4) is 0 Å².